The minimum atomic E-state index is -0.319. The van der Waals surface area contributed by atoms with Crippen LogP contribution in [0.5, 0.6) is 5.75 Å². The highest BCUT2D eigenvalue weighted by Crippen LogP contribution is 2.35. The molecule has 0 saturated carbocycles. The second kappa shape index (κ2) is 9.43. The number of carbonyl (C=O) groups is 1. The molecule has 3 aromatic rings. The van der Waals surface area contributed by atoms with Crippen molar-refractivity contribution in [3.63, 3.8) is 0 Å². The molecule has 0 spiro atoms. The van der Waals surface area contributed by atoms with Gasteiger partial charge in [-0.3, -0.25) is 9.78 Å². The van der Waals surface area contributed by atoms with Crippen molar-refractivity contribution in [2.45, 2.75) is 6.61 Å². The van der Waals surface area contributed by atoms with Crippen molar-refractivity contribution in [1.29, 1.82) is 0 Å². The molecular formula is C20H15Br2N3O2. The van der Waals surface area contributed by atoms with Crippen molar-refractivity contribution in [2.24, 2.45) is 5.10 Å². The molecule has 3 rings (SSSR count). The van der Waals surface area contributed by atoms with Gasteiger partial charge in [-0.15, -0.1) is 0 Å². The number of nitrogens with zero attached hydrogens (tertiary/aromatic N) is 2. The van der Waals surface area contributed by atoms with Crippen LogP contribution >= 0.6 is 31.9 Å². The number of aromatic nitrogens is 1. The molecule has 0 aliphatic rings. The predicted octanol–water partition coefficient (Wildman–Crippen LogP) is 4.95. The Kier molecular flexibility index (Phi) is 6.73. The lowest BCUT2D eigenvalue weighted by Gasteiger charge is -2.11. The lowest BCUT2D eigenvalue weighted by Crippen LogP contribution is -2.17. The van der Waals surface area contributed by atoms with Crippen LogP contribution in [0.1, 0.15) is 21.5 Å². The van der Waals surface area contributed by atoms with Gasteiger partial charge in [-0.25, -0.2) is 5.43 Å². The molecule has 0 saturated heterocycles. The van der Waals surface area contributed by atoms with E-state index in [0.717, 1.165) is 20.1 Å². The summed E-state index contributed by atoms with van der Waals surface area (Å²) in [6.07, 6.45) is 4.65. The molecule has 0 unspecified atom stereocenters. The van der Waals surface area contributed by atoms with Crippen LogP contribution in [0.2, 0.25) is 0 Å². The van der Waals surface area contributed by atoms with Gasteiger partial charge in [0.1, 0.15) is 12.4 Å². The first kappa shape index (κ1) is 19.3. The summed E-state index contributed by atoms with van der Waals surface area (Å²) in [6, 6.07) is 17.0. The molecule has 136 valence electrons. The van der Waals surface area contributed by atoms with Gasteiger partial charge in [-0.05, 0) is 67.3 Å². The number of rotatable bonds is 6. The molecule has 27 heavy (non-hydrogen) atoms. The van der Waals surface area contributed by atoms with Crippen LogP contribution in [-0.2, 0) is 6.61 Å². The number of pyridine rings is 1. The van der Waals surface area contributed by atoms with Crippen LogP contribution in [0.3, 0.4) is 0 Å². The largest absolute Gasteiger partial charge is 0.487 e. The fraction of sp³-hybridized carbons (Fsp3) is 0.0500. The normalized spacial score (nSPS) is 10.7. The van der Waals surface area contributed by atoms with Gasteiger partial charge in [0.2, 0.25) is 0 Å². The summed E-state index contributed by atoms with van der Waals surface area (Å²) in [5.74, 6) is 0.385. The molecule has 1 amide bonds. The maximum absolute atomic E-state index is 11.9. The maximum Gasteiger partial charge on any atom is 0.272 e. The molecule has 1 aromatic heterocycles. The van der Waals surface area contributed by atoms with Crippen LogP contribution in [-0.4, -0.2) is 17.1 Å². The van der Waals surface area contributed by atoms with E-state index in [1.807, 2.05) is 42.5 Å². The van der Waals surface area contributed by atoms with Gasteiger partial charge in [0, 0.05) is 12.4 Å². The molecule has 1 N–H and O–H groups in total. The predicted molar refractivity (Wildman–Crippen MR) is 112 cm³/mol. The zero-order chi connectivity index (χ0) is 19.1. The standard InChI is InChI=1S/C20H15Br2N3O2/c21-17-9-15(11-24-25-20(26)16-7-4-8-23-12-16)10-18(22)19(17)27-13-14-5-2-1-3-6-14/h1-12H,13H2,(H,25,26)/b24-11-. The second-order valence-electron chi connectivity index (χ2n) is 5.53. The van der Waals surface area contributed by atoms with Gasteiger partial charge in [0.15, 0.2) is 0 Å². The third kappa shape index (κ3) is 5.48. The summed E-state index contributed by atoms with van der Waals surface area (Å²) in [6.45, 7) is 0.465. The summed E-state index contributed by atoms with van der Waals surface area (Å²) in [5.41, 5.74) is 4.80. The number of ether oxygens (including phenoxy) is 1. The molecule has 0 fully saturated rings. The summed E-state index contributed by atoms with van der Waals surface area (Å²) < 4.78 is 7.46. The van der Waals surface area contributed by atoms with E-state index in [0.29, 0.717) is 17.9 Å². The highest BCUT2D eigenvalue weighted by atomic mass is 79.9. The number of halogens is 2. The summed E-state index contributed by atoms with van der Waals surface area (Å²) >= 11 is 7.03. The number of hydrogen-bond acceptors (Lipinski definition) is 4. The summed E-state index contributed by atoms with van der Waals surface area (Å²) in [5, 5.41) is 3.99. The third-order valence-corrected chi connectivity index (χ3v) is 4.73. The lowest BCUT2D eigenvalue weighted by atomic mass is 10.2. The fourth-order valence-corrected chi connectivity index (χ4v) is 3.70. The number of hydrogen-bond donors (Lipinski definition) is 1. The van der Waals surface area contributed by atoms with E-state index in [1.165, 1.54) is 6.20 Å². The number of benzene rings is 2. The molecular weight excluding hydrogens is 474 g/mol. The molecule has 0 aliphatic heterocycles. The minimum Gasteiger partial charge on any atom is -0.487 e. The topological polar surface area (TPSA) is 63.6 Å². The fourth-order valence-electron chi connectivity index (χ4n) is 2.25. The Morgan fingerprint density at radius 1 is 1.11 bits per heavy atom. The second-order valence-corrected chi connectivity index (χ2v) is 7.24. The summed E-state index contributed by atoms with van der Waals surface area (Å²) in [7, 11) is 0. The van der Waals surface area contributed by atoms with Crippen LogP contribution in [0.15, 0.2) is 81.0 Å². The Labute approximate surface area is 173 Å². The number of nitrogens with one attached hydrogen (secondary N) is 1. The highest BCUT2D eigenvalue weighted by Gasteiger charge is 2.09. The SMILES string of the molecule is O=C(N/N=C\c1cc(Br)c(OCc2ccccc2)c(Br)c1)c1cccnc1. The molecule has 0 bridgehead atoms. The van der Waals surface area contributed by atoms with E-state index in [9.17, 15) is 4.79 Å². The monoisotopic (exact) mass is 487 g/mol. The quantitative estimate of drug-likeness (QED) is 0.394. The maximum atomic E-state index is 11.9. The van der Waals surface area contributed by atoms with E-state index >= 15 is 0 Å². The molecule has 5 nitrogen and oxygen atoms in total. The molecule has 2 aromatic carbocycles. The van der Waals surface area contributed by atoms with Crippen LogP contribution < -0.4 is 10.2 Å². The minimum absolute atomic E-state index is 0.319. The molecule has 1 heterocycles. The van der Waals surface area contributed by atoms with Crippen molar-refractivity contribution < 1.29 is 9.53 Å². The Morgan fingerprint density at radius 2 is 1.85 bits per heavy atom. The zero-order valence-corrected chi connectivity index (χ0v) is 17.3. The average Bonchev–Trinajstić information content (AvgIpc) is 2.69. The van der Waals surface area contributed by atoms with Gasteiger partial charge < -0.3 is 4.74 Å². The van der Waals surface area contributed by atoms with E-state index in [4.69, 9.17) is 4.74 Å². The van der Waals surface area contributed by atoms with Crippen LogP contribution in [0.4, 0.5) is 0 Å². The summed E-state index contributed by atoms with van der Waals surface area (Å²) in [4.78, 5) is 15.8. The average molecular weight is 489 g/mol. The van der Waals surface area contributed by atoms with Crippen molar-refractivity contribution in [1.82, 2.24) is 10.4 Å². The Bertz CT molecular complexity index is 925. The third-order valence-electron chi connectivity index (χ3n) is 3.55. The van der Waals surface area contributed by atoms with Gasteiger partial charge in [0.25, 0.3) is 5.91 Å². The molecule has 0 radical (unpaired) electrons. The van der Waals surface area contributed by atoms with Gasteiger partial charge in [0.05, 0.1) is 20.7 Å². The molecule has 0 atom stereocenters. The van der Waals surface area contributed by atoms with Crippen molar-refractivity contribution in [3.8, 4) is 5.75 Å². The van der Waals surface area contributed by atoms with E-state index in [2.05, 4.69) is 47.4 Å². The Balaban J connectivity index is 1.64. The Hall–Kier alpha value is -2.51. The number of amides is 1. The zero-order valence-electron chi connectivity index (χ0n) is 14.1. The smallest absolute Gasteiger partial charge is 0.272 e. The van der Waals surface area contributed by atoms with E-state index < -0.39 is 0 Å². The highest BCUT2D eigenvalue weighted by molar-refractivity contribution is 9.11. The van der Waals surface area contributed by atoms with Crippen LogP contribution in [0, 0.1) is 0 Å². The number of carbonyl (C=O) groups excluding carboxylic acids is 1. The first-order chi connectivity index (χ1) is 13.1. The van der Waals surface area contributed by atoms with Gasteiger partial charge >= 0.3 is 0 Å². The Morgan fingerprint density at radius 3 is 2.52 bits per heavy atom. The number of hydrazone groups is 1. The molecule has 0 aliphatic carbocycles. The van der Waals surface area contributed by atoms with Crippen molar-refractivity contribution in [2.75, 3.05) is 0 Å². The van der Waals surface area contributed by atoms with Crippen LogP contribution in [0.25, 0.3) is 0 Å². The first-order valence-corrected chi connectivity index (χ1v) is 9.61. The first-order valence-electron chi connectivity index (χ1n) is 8.02. The van der Waals surface area contributed by atoms with Gasteiger partial charge in [-0.1, -0.05) is 30.3 Å². The van der Waals surface area contributed by atoms with Crippen molar-refractivity contribution >= 4 is 44.0 Å². The molecule has 7 heteroatoms. The van der Waals surface area contributed by atoms with E-state index in [1.54, 1.807) is 24.5 Å². The van der Waals surface area contributed by atoms with E-state index in [-0.39, 0.29) is 5.91 Å². The van der Waals surface area contributed by atoms with Crippen molar-refractivity contribution in [3.05, 3.63) is 92.6 Å². The lowest BCUT2D eigenvalue weighted by molar-refractivity contribution is 0.0955. The van der Waals surface area contributed by atoms with Gasteiger partial charge in [-0.2, -0.15) is 5.10 Å².